The van der Waals surface area contributed by atoms with E-state index in [-0.39, 0.29) is 19.1 Å². The Morgan fingerprint density at radius 2 is 1.81 bits per heavy atom. The monoisotopic (exact) mass is 348 g/mol. The molecule has 4 nitrogen and oxygen atoms in total. The Morgan fingerprint density at radius 3 is 2.52 bits per heavy atom. The first-order valence-electron chi connectivity index (χ1n) is 6.63. The minimum atomic E-state index is -0.0920. The molecular weight excluding hydrogens is 332 g/mol. The average molecular weight is 349 g/mol. The molecule has 2 aromatic rings. The lowest BCUT2D eigenvalue weighted by Gasteiger charge is -2.10. The van der Waals surface area contributed by atoms with Crippen molar-refractivity contribution in [2.24, 2.45) is 0 Å². The second kappa shape index (κ2) is 7.81. The van der Waals surface area contributed by atoms with Crippen LogP contribution in [-0.4, -0.2) is 17.6 Å². The topological polar surface area (TPSA) is 61.4 Å². The van der Waals surface area contributed by atoms with Crippen LogP contribution in [0.5, 0.6) is 0 Å². The van der Waals surface area contributed by atoms with Crippen LogP contribution in [0.2, 0.25) is 0 Å². The van der Waals surface area contributed by atoms with Crippen LogP contribution < -0.4 is 10.6 Å². The number of aliphatic hydroxyl groups is 1. The number of aliphatic hydroxyl groups excluding tert-OH is 1. The maximum Gasteiger partial charge on any atom is 0.239 e. The molecule has 110 valence electrons. The fraction of sp³-hybridized carbons (Fsp3) is 0.188. The van der Waals surface area contributed by atoms with E-state index in [2.05, 4.69) is 26.6 Å². The molecule has 1 amide bonds. The molecule has 0 aromatic heterocycles. The van der Waals surface area contributed by atoms with Crippen molar-refractivity contribution in [3.8, 4) is 0 Å². The molecule has 0 unspecified atom stereocenters. The highest BCUT2D eigenvalue weighted by atomic mass is 79.9. The smallest absolute Gasteiger partial charge is 0.239 e. The van der Waals surface area contributed by atoms with Crippen molar-refractivity contribution >= 4 is 27.5 Å². The van der Waals surface area contributed by atoms with Crippen LogP contribution in [-0.2, 0) is 17.9 Å². The van der Waals surface area contributed by atoms with Gasteiger partial charge in [-0.2, -0.15) is 0 Å². The zero-order valence-corrected chi connectivity index (χ0v) is 13.1. The fourth-order valence-electron chi connectivity index (χ4n) is 1.87. The van der Waals surface area contributed by atoms with Gasteiger partial charge in [0.15, 0.2) is 0 Å². The first-order valence-corrected chi connectivity index (χ1v) is 7.42. The molecule has 0 aliphatic rings. The van der Waals surface area contributed by atoms with E-state index in [0.29, 0.717) is 6.54 Å². The van der Waals surface area contributed by atoms with E-state index in [9.17, 15) is 9.90 Å². The van der Waals surface area contributed by atoms with E-state index in [1.807, 2.05) is 48.5 Å². The van der Waals surface area contributed by atoms with Crippen LogP contribution in [0.3, 0.4) is 0 Å². The third-order valence-corrected chi connectivity index (χ3v) is 3.56. The number of anilines is 1. The van der Waals surface area contributed by atoms with Crippen LogP contribution in [0.1, 0.15) is 11.1 Å². The Labute approximate surface area is 132 Å². The second-order valence-electron chi connectivity index (χ2n) is 4.57. The number of hydrogen-bond acceptors (Lipinski definition) is 3. The molecule has 0 saturated carbocycles. The molecule has 0 fully saturated rings. The molecule has 5 heteroatoms. The number of nitrogens with one attached hydrogen (secondary N) is 2. The summed E-state index contributed by atoms with van der Waals surface area (Å²) < 4.78 is 1.01. The lowest BCUT2D eigenvalue weighted by atomic mass is 10.2. The highest BCUT2D eigenvalue weighted by molar-refractivity contribution is 9.10. The van der Waals surface area contributed by atoms with Crippen molar-refractivity contribution in [1.82, 2.24) is 5.32 Å². The quantitative estimate of drug-likeness (QED) is 0.752. The largest absolute Gasteiger partial charge is 0.392 e. The van der Waals surface area contributed by atoms with Crippen molar-refractivity contribution in [3.05, 3.63) is 64.1 Å². The SMILES string of the molecule is O=C(CNc1ccccc1CO)NCc1ccc(Br)cc1. The second-order valence-corrected chi connectivity index (χ2v) is 5.49. The summed E-state index contributed by atoms with van der Waals surface area (Å²) in [4.78, 5) is 11.8. The van der Waals surface area contributed by atoms with E-state index in [0.717, 1.165) is 21.3 Å². The Bertz CT molecular complexity index is 599. The summed E-state index contributed by atoms with van der Waals surface area (Å²) in [6.07, 6.45) is 0. The molecule has 0 saturated heterocycles. The van der Waals surface area contributed by atoms with E-state index in [1.54, 1.807) is 0 Å². The van der Waals surface area contributed by atoms with Gasteiger partial charge in [0.05, 0.1) is 13.2 Å². The first-order chi connectivity index (χ1) is 10.2. The number of carbonyl (C=O) groups excluding carboxylic acids is 1. The maximum absolute atomic E-state index is 11.8. The Balaban J connectivity index is 1.81. The van der Waals surface area contributed by atoms with Gasteiger partial charge in [-0.15, -0.1) is 0 Å². The van der Waals surface area contributed by atoms with E-state index >= 15 is 0 Å². The highest BCUT2D eigenvalue weighted by Crippen LogP contribution is 2.14. The van der Waals surface area contributed by atoms with Gasteiger partial charge in [0.25, 0.3) is 0 Å². The lowest BCUT2D eigenvalue weighted by Crippen LogP contribution is -2.29. The molecule has 0 aliphatic heterocycles. The predicted octanol–water partition coefficient (Wildman–Crippen LogP) is 2.67. The summed E-state index contributed by atoms with van der Waals surface area (Å²) in [5, 5.41) is 15.1. The Kier molecular flexibility index (Phi) is 5.78. The summed E-state index contributed by atoms with van der Waals surface area (Å²) in [5.74, 6) is -0.0920. The van der Waals surface area contributed by atoms with Gasteiger partial charge in [0.2, 0.25) is 5.91 Å². The molecular formula is C16H17BrN2O2. The number of amides is 1. The van der Waals surface area contributed by atoms with Gasteiger partial charge in [-0.05, 0) is 23.8 Å². The summed E-state index contributed by atoms with van der Waals surface area (Å²) in [6.45, 7) is 0.618. The zero-order valence-electron chi connectivity index (χ0n) is 11.5. The van der Waals surface area contributed by atoms with Crippen LogP contribution in [0, 0.1) is 0 Å². The highest BCUT2D eigenvalue weighted by Gasteiger charge is 2.04. The normalized spacial score (nSPS) is 10.2. The molecule has 0 spiro atoms. The predicted molar refractivity (Wildman–Crippen MR) is 86.8 cm³/mol. The minimum absolute atomic E-state index is 0.0519. The van der Waals surface area contributed by atoms with Crippen LogP contribution in [0.4, 0.5) is 5.69 Å². The number of carbonyl (C=O) groups is 1. The third-order valence-electron chi connectivity index (χ3n) is 3.03. The summed E-state index contributed by atoms with van der Waals surface area (Å²) >= 11 is 3.37. The molecule has 3 N–H and O–H groups in total. The lowest BCUT2D eigenvalue weighted by molar-refractivity contribution is -0.119. The summed E-state index contributed by atoms with van der Waals surface area (Å²) in [7, 11) is 0. The molecule has 21 heavy (non-hydrogen) atoms. The maximum atomic E-state index is 11.8. The molecule has 0 bridgehead atoms. The molecule has 0 heterocycles. The zero-order chi connectivity index (χ0) is 15.1. The van der Waals surface area contributed by atoms with Gasteiger partial charge in [-0.1, -0.05) is 46.3 Å². The van der Waals surface area contributed by atoms with Crippen LogP contribution in [0.15, 0.2) is 53.0 Å². The number of benzene rings is 2. The summed E-state index contributed by atoms with van der Waals surface area (Å²) in [6, 6.07) is 15.2. The Morgan fingerprint density at radius 1 is 1.10 bits per heavy atom. The van der Waals surface area contributed by atoms with E-state index in [4.69, 9.17) is 0 Å². The van der Waals surface area contributed by atoms with E-state index < -0.39 is 0 Å². The number of rotatable bonds is 6. The van der Waals surface area contributed by atoms with E-state index in [1.165, 1.54) is 0 Å². The van der Waals surface area contributed by atoms with Crippen LogP contribution >= 0.6 is 15.9 Å². The van der Waals surface area contributed by atoms with Crippen molar-refractivity contribution < 1.29 is 9.90 Å². The number of hydrogen-bond donors (Lipinski definition) is 3. The molecule has 2 rings (SSSR count). The van der Waals surface area contributed by atoms with Crippen molar-refractivity contribution in [3.63, 3.8) is 0 Å². The van der Waals surface area contributed by atoms with Crippen molar-refractivity contribution in [2.45, 2.75) is 13.2 Å². The molecule has 0 aliphatic carbocycles. The third kappa shape index (κ3) is 4.88. The van der Waals surface area contributed by atoms with Crippen molar-refractivity contribution in [2.75, 3.05) is 11.9 Å². The molecule has 0 atom stereocenters. The first kappa shape index (κ1) is 15.5. The van der Waals surface area contributed by atoms with Gasteiger partial charge >= 0.3 is 0 Å². The van der Waals surface area contributed by atoms with Gasteiger partial charge in [-0.25, -0.2) is 0 Å². The van der Waals surface area contributed by atoms with Crippen LogP contribution in [0.25, 0.3) is 0 Å². The standard InChI is InChI=1S/C16H17BrN2O2/c17-14-7-5-12(6-8-14)9-19-16(21)10-18-15-4-2-1-3-13(15)11-20/h1-8,18,20H,9-11H2,(H,19,21). The minimum Gasteiger partial charge on any atom is -0.392 e. The van der Waals surface area contributed by atoms with Gasteiger partial charge in [0.1, 0.15) is 0 Å². The van der Waals surface area contributed by atoms with Crippen molar-refractivity contribution in [1.29, 1.82) is 0 Å². The Hall–Kier alpha value is -1.85. The number of halogens is 1. The fourth-order valence-corrected chi connectivity index (χ4v) is 2.14. The number of para-hydroxylation sites is 1. The van der Waals surface area contributed by atoms with Gasteiger partial charge in [0, 0.05) is 22.3 Å². The van der Waals surface area contributed by atoms with Gasteiger partial charge < -0.3 is 15.7 Å². The molecule has 0 radical (unpaired) electrons. The van der Waals surface area contributed by atoms with Gasteiger partial charge in [-0.3, -0.25) is 4.79 Å². The average Bonchev–Trinajstić information content (AvgIpc) is 2.52. The molecule has 2 aromatic carbocycles. The summed E-state index contributed by atoms with van der Waals surface area (Å²) in [5.41, 5.74) is 2.60.